The van der Waals surface area contributed by atoms with Gasteiger partial charge in [-0.2, -0.15) is 0 Å². The first-order chi connectivity index (χ1) is 24.3. The molecule has 0 bridgehead atoms. The predicted molar refractivity (Wildman–Crippen MR) is 210 cm³/mol. The number of rotatable bonds is 5. The van der Waals surface area contributed by atoms with E-state index in [0.717, 1.165) is 39.0 Å². The monoisotopic (exact) mass is 643 g/mol. The van der Waals surface area contributed by atoms with E-state index in [1.165, 1.54) is 53.2 Å². The number of para-hydroxylation sites is 1. The van der Waals surface area contributed by atoms with Crippen LogP contribution in [0, 0.1) is 0 Å². The number of fused-ring (bicyclic) bond motifs is 7. The van der Waals surface area contributed by atoms with Crippen LogP contribution in [0.5, 0.6) is 0 Å². The third kappa shape index (κ3) is 4.62. The Morgan fingerprint density at radius 3 is 2.00 bits per heavy atom. The van der Waals surface area contributed by atoms with E-state index in [1.807, 2.05) is 23.5 Å². The number of furan rings is 1. The maximum Gasteiger partial charge on any atom is 0.137 e. The van der Waals surface area contributed by atoms with E-state index < -0.39 is 0 Å². The molecule has 0 radical (unpaired) electrons. The summed E-state index contributed by atoms with van der Waals surface area (Å²) in [6.45, 7) is 0. The lowest BCUT2D eigenvalue weighted by atomic mass is 9.95. The lowest BCUT2D eigenvalue weighted by Crippen LogP contribution is -2.10. The maximum atomic E-state index is 6.38. The van der Waals surface area contributed by atoms with Crippen LogP contribution in [0.15, 0.2) is 180 Å². The zero-order valence-electron chi connectivity index (χ0n) is 26.5. The second-order valence-electron chi connectivity index (χ2n) is 12.5. The van der Waals surface area contributed by atoms with Gasteiger partial charge in [0.25, 0.3) is 0 Å². The van der Waals surface area contributed by atoms with Crippen LogP contribution in [0.25, 0.3) is 75.1 Å². The largest absolute Gasteiger partial charge is 0.456 e. The van der Waals surface area contributed by atoms with Crippen LogP contribution in [0.1, 0.15) is 0 Å². The zero-order valence-corrected chi connectivity index (χ0v) is 27.3. The van der Waals surface area contributed by atoms with Crippen molar-refractivity contribution >= 4 is 81.3 Å². The molecule has 3 heteroatoms. The highest BCUT2D eigenvalue weighted by Gasteiger charge is 2.20. The van der Waals surface area contributed by atoms with E-state index in [2.05, 4.69) is 169 Å². The lowest BCUT2D eigenvalue weighted by Gasteiger charge is -2.26. The standard InChI is InChI=1S/C46H29NOS/c1-2-14-36-31(10-1)11-8-17-37(36)33-13-7-12-32(28-33)30-22-24-34(25-23-30)47(35-26-27-39-38-15-3-5-20-43(38)48-44(39)29-35)42-19-9-18-41-40-16-4-6-21-45(40)49-46(41)42/h1-29H. The quantitative estimate of drug-likeness (QED) is 0.186. The average molecular weight is 644 g/mol. The number of hydrogen-bond acceptors (Lipinski definition) is 3. The number of nitrogens with zero attached hydrogens (tertiary/aromatic N) is 1. The average Bonchev–Trinajstić information content (AvgIpc) is 3.74. The van der Waals surface area contributed by atoms with Gasteiger partial charge in [0.15, 0.2) is 0 Å². The van der Waals surface area contributed by atoms with Gasteiger partial charge in [-0.25, -0.2) is 0 Å². The van der Waals surface area contributed by atoms with Crippen molar-refractivity contribution < 1.29 is 4.42 Å². The second-order valence-corrected chi connectivity index (χ2v) is 13.6. The molecule has 0 aliphatic carbocycles. The van der Waals surface area contributed by atoms with Crippen molar-refractivity contribution in [2.75, 3.05) is 4.90 Å². The fourth-order valence-electron chi connectivity index (χ4n) is 7.34. The van der Waals surface area contributed by atoms with Crippen LogP contribution in [0.3, 0.4) is 0 Å². The van der Waals surface area contributed by atoms with E-state index in [0.29, 0.717) is 0 Å². The Morgan fingerprint density at radius 2 is 1.08 bits per heavy atom. The van der Waals surface area contributed by atoms with Crippen molar-refractivity contribution in [3.63, 3.8) is 0 Å². The van der Waals surface area contributed by atoms with E-state index in [-0.39, 0.29) is 0 Å². The minimum absolute atomic E-state index is 0.883. The highest BCUT2D eigenvalue weighted by atomic mass is 32.1. The minimum Gasteiger partial charge on any atom is -0.456 e. The van der Waals surface area contributed by atoms with E-state index in [9.17, 15) is 0 Å². The molecule has 0 aliphatic rings. The highest BCUT2D eigenvalue weighted by molar-refractivity contribution is 7.26. The van der Waals surface area contributed by atoms with Crippen LogP contribution in [0.4, 0.5) is 17.1 Å². The summed E-state index contributed by atoms with van der Waals surface area (Å²) in [6, 6.07) is 63.2. The topological polar surface area (TPSA) is 16.4 Å². The Balaban J connectivity index is 1.11. The van der Waals surface area contributed by atoms with Crippen molar-refractivity contribution in [2.24, 2.45) is 0 Å². The molecule has 0 saturated carbocycles. The summed E-state index contributed by atoms with van der Waals surface area (Å²) in [5.74, 6) is 0. The first kappa shape index (κ1) is 27.9. The molecule has 0 aliphatic heterocycles. The van der Waals surface area contributed by atoms with Gasteiger partial charge >= 0.3 is 0 Å². The Kier molecular flexibility index (Phi) is 6.39. The van der Waals surface area contributed by atoms with Crippen LogP contribution < -0.4 is 4.90 Å². The lowest BCUT2D eigenvalue weighted by molar-refractivity contribution is 0.669. The Morgan fingerprint density at radius 1 is 0.408 bits per heavy atom. The van der Waals surface area contributed by atoms with Gasteiger partial charge in [-0.3, -0.25) is 0 Å². The molecule has 0 saturated heterocycles. The van der Waals surface area contributed by atoms with Crippen molar-refractivity contribution in [1.29, 1.82) is 0 Å². The number of benzene rings is 8. The van der Waals surface area contributed by atoms with Gasteiger partial charge in [-0.15, -0.1) is 11.3 Å². The molecule has 8 aromatic carbocycles. The summed E-state index contributed by atoms with van der Waals surface area (Å²) in [6.07, 6.45) is 0. The smallest absolute Gasteiger partial charge is 0.137 e. The Bertz CT molecular complexity index is 2840. The van der Waals surface area contributed by atoms with Crippen molar-refractivity contribution in [3.05, 3.63) is 176 Å². The fraction of sp³-hybridized carbons (Fsp3) is 0. The summed E-state index contributed by atoms with van der Waals surface area (Å²) in [5.41, 5.74) is 9.93. The molecule has 0 fully saturated rings. The minimum atomic E-state index is 0.883. The number of hydrogen-bond donors (Lipinski definition) is 0. The summed E-state index contributed by atoms with van der Waals surface area (Å²) in [7, 11) is 0. The third-order valence-electron chi connectivity index (χ3n) is 9.67. The Labute approximate surface area is 287 Å². The summed E-state index contributed by atoms with van der Waals surface area (Å²) >= 11 is 1.85. The first-order valence-electron chi connectivity index (χ1n) is 16.6. The maximum absolute atomic E-state index is 6.38. The molecule has 0 amide bonds. The molecule has 0 N–H and O–H groups in total. The molecule has 10 rings (SSSR count). The summed E-state index contributed by atoms with van der Waals surface area (Å²) in [5, 5.41) is 7.35. The van der Waals surface area contributed by atoms with Gasteiger partial charge < -0.3 is 9.32 Å². The molecule has 2 heterocycles. The molecule has 2 aromatic heterocycles. The zero-order chi connectivity index (χ0) is 32.3. The Hall–Kier alpha value is -6.16. The summed E-state index contributed by atoms with van der Waals surface area (Å²) in [4.78, 5) is 2.38. The van der Waals surface area contributed by atoms with Gasteiger partial charge in [0, 0.05) is 43.7 Å². The normalized spacial score (nSPS) is 11.7. The number of thiophene rings is 1. The van der Waals surface area contributed by atoms with E-state index in [4.69, 9.17) is 4.42 Å². The SMILES string of the molecule is c1cc(-c2ccc(N(c3ccc4c(c3)oc3ccccc34)c3cccc4c3sc3ccccc34)cc2)cc(-c2cccc3ccccc23)c1. The molecule has 0 spiro atoms. The molecule has 2 nitrogen and oxygen atoms in total. The fourth-order valence-corrected chi connectivity index (χ4v) is 8.54. The number of anilines is 3. The van der Waals surface area contributed by atoms with Gasteiger partial charge in [0.05, 0.1) is 10.4 Å². The van der Waals surface area contributed by atoms with Crippen LogP contribution in [0.2, 0.25) is 0 Å². The van der Waals surface area contributed by atoms with Crippen molar-refractivity contribution in [2.45, 2.75) is 0 Å². The van der Waals surface area contributed by atoms with Crippen LogP contribution in [-0.2, 0) is 0 Å². The summed E-state index contributed by atoms with van der Waals surface area (Å²) < 4.78 is 8.93. The van der Waals surface area contributed by atoms with Gasteiger partial charge in [0.2, 0.25) is 0 Å². The molecule has 49 heavy (non-hydrogen) atoms. The van der Waals surface area contributed by atoms with Crippen LogP contribution in [-0.4, -0.2) is 0 Å². The van der Waals surface area contributed by atoms with Crippen molar-refractivity contribution in [1.82, 2.24) is 0 Å². The third-order valence-corrected chi connectivity index (χ3v) is 10.9. The van der Waals surface area contributed by atoms with Gasteiger partial charge in [-0.05, 0) is 81.6 Å². The predicted octanol–water partition coefficient (Wildman–Crippen LogP) is 13.9. The molecule has 0 unspecified atom stereocenters. The first-order valence-corrected chi connectivity index (χ1v) is 17.4. The van der Waals surface area contributed by atoms with Gasteiger partial charge in [0.1, 0.15) is 11.2 Å². The van der Waals surface area contributed by atoms with E-state index in [1.54, 1.807) is 0 Å². The van der Waals surface area contributed by atoms with E-state index >= 15 is 0 Å². The van der Waals surface area contributed by atoms with Crippen molar-refractivity contribution in [3.8, 4) is 22.3 Å². The van der Waals surface area contributed by atoms with Crippen LogP contribution >= 0.6 is 11.3 Å². The molecule has 230 valence electrons. The molecular formula is C46H29NOS. The second kappa shape index (κ2) is 11.2. The molecule has 0 atom stereocenters. The molecular weight excluding hydrogens is 615 g/mol. The highest BCUT2D eigenvalue weighted by Crippen LogP contribution is 2.46. The molecule has 10 aromatic rings. The van der Waals surface area contributed by atoms with Gasteiger partial charge in [-0.1, -0.05) is 121 Å².